The number of hydrogen-bond donors (Lipinski definition) is 2. The van der Waals surface area contributed by atoms with Crippen molar-refractivity contribution in [1.29, 1.82) is 0 Å². The molecular formula is C15H20FNO2. The standard InChI is InChI=1S/C15H20FNO2/c1-2-10-3-6-12(7-4-10)17-14-8-5-11(15(18)19)9-13(14)16/h5,8-10,12,17H,2-4,6-7H2,1H3,(H,18,19). The molecule has 0 radical (unpaired) electrons. The van der Waals surface area contributed by atoms with Gasteiger partial charge in [-0.15, -0.1) is 0 Å². The van der Waals surface area contributed by atoms with Gasteiger partial charge in [-0.1, -0.05) is 13.3 Å². The molecule has 0 bridgehead atoms. The van der Waals surface area contributed by atoms with Gasteiger partial charge in [-0.05, 0) is 49.8 Å². The molecule has 0 aromatic heterocycles. The zero-order valence-corrected chi connectivity index (χ0v) is 11.2. The molecule has 0 heterocycles. The highest BCUT2D eigenvalue weighted by atomic mass is 19.1. The summed E-state index contributed by atoms with van der Waals surface area (Å²) in [5.74, 6) is -0.788. The summed E-state index contributed by atoms with van der Waals surface area (Å²) in [5.41, 5.74) is 0.391. The Bertz CT molecular complexity index is 453. The molecule has 2 rings (SSSR count). The van der Waals surface area contributed by atoms with Gasteiger partial charge in [0.1, 0.15) is 5.82 Å². The van der Waals surface area contributed by atoms with E-state index in [9.17, 15) is 9.18 Å². The summed E-state index contributed by atoms with van der Waals surface area (Å²) in [6.07, 6.45) is 5.69. The molecule has 4 heteroatoms. The minimum atomic E-state index is -1.10. The smallest absolute Gasteiger partial charge is 0.335 e. The van der Waals surface area contributed by atoms with E-state index in [1.165, 1.54) is 31.4 Å². The van der Waals surface area contributed by atoms with Crippen LogP contribution in [0.3, 0.4) is 0 Å². The van der Waals surface area contributed by atoms with Crippen molar-refractivity contribution < 1.29 is 14.3 Å². The van der Waals surface area contributed by atoms with Crippen LogP contribution in [0.25, 0.3) is 0 Å². The maximum Gasteiger partial charge on any atom is 0.335 e. The van der Waals surface area contributed by atoms with Gasteiger partial charge < -0.3 is 10.4 Å². The first kappa shape index (κ1) is 13.8. The van der Waals surface area contributed by atoms with Crippen molar-refractivity contribution >= 4 is 11.7 Å². The third-order valence-electron chi connectivity index (χ3n) is 4.00. The predicted octanol–water partition coefficient (Wildman–Crippen LogP) is 3.90. The molecule has 1 fully saturated rings. The van der Waals surface area contributed by atoms with Gasteiger partial charge in [0.05, 0.1) is 11.3 Å². The minimum absolute atomic E-state index is 0.0160. The number of aromatic carboxylic acids is 1. The topological polar surface area (TPSA) is 49.3 Å². The van der Waals surface area contributed by atoms with Crippen molar-refractivity contribution in [3.05, 3.63) is 29.6 Å². The summed E-state index contributed by atoms with van der Waals surface area (Å²) >= 11 is 0. The lowest BCUT2D eigenvalue weighted by molar-refractivity contribution is 0.0696. The third kappa shape index (κ3) is 3.46. The van der Waals surface area contributed by atoms with Gasteiger partial charge in [-0.2, -0.15) is 0 Å². The molecule has 0 unspecified atom stereocenters. The summed E-state index contributed by atoms with van der Waals surface area (Å²) in [6.45, 7) is 2.21. The molecule has 104 valence electrons. The molecule has 0 aliphatic heterocycles. The maximum absolute atomic E-state index is 13.8. The van der Waals surface area contributed by atoms with Crippen LogP contribution in [-0.2, 0) is 0 Å². The number of rotatable bonds is 4. The van der Waals surface area contributed by atoms with E-state index < -0.39 is 11.8 Å². The second kappa shape index (κ2) is 6.04. The lowest BCUT2D eigenvalue weighted by Crippen LogP contribution is -2.26. The lowest BCUT2D eigenvalue weighted by atomic mass is 9.84. The van der Waals surface area contributed by atoms with Crippen molar-refractivity contribution in [2.45, 2.75) is 45.1 Å². The maximum atomic E-state index is 13.8. The highest BCUT2D eigenvalue weighted by Crippen LogP contribution is 2.29. The van der Waals surface area contributed by atoms with Crippen molar-refractivity contribution in [3.8, 4) is 0 Å². The Hall–Kier alpha value is -1.58. The molecule has 1 aromatic rings. The monoisotopic (exact) mass is 265 g/mol. The number of anilines is 1. The van der Waals surface area contributed by atoms with Gasteiger partial charge in [0.15, 0.2) is 0 Å². The Morgan fingerprint density at radius 3 is 2.58 bits per heavy atom. The quantitative estimate of drug-likeness (QED) is 0.868. The fourth-order valence-electron chi connectivity index (χ4n) is 2.70. The van der Waals surface area contributed by atoms with Crippen LogP contribution in [0.2, 0.25) is 0 Å². The average molecular weight is 265 g/mol. The second-order valence-electron chi connectivity index (χ2n) is 5.27. The largest absolute Gasteiger partial charge is 0.478 e. The number of hydrogen-bond acceptors (Lipinski definition) is 2. The van der Waals surface area contributed by atoms with Crippen LogP contribution in [0.4, 0.5) is 10.1 Å². The van der Waals surface area contributed by atoms with E-state index in [0.29, 0.717) is 11.7 Å². The molecule has 1 aromatic carbocycles. The van der Waals surface area contributed by atoms with E-state index in [1.54, 1.807) is 0 Å². The van der Waals surface area contributed by atoms with Crippen molar-refractivity contribution in [2.75, 3.05) is 5.32 Å². The summed E-state index contributed by atoms with van der Waals surface area (Å²) in [7, 11) is 0. The Balaban J connectivity index is 1.98. The van der Waals surface area contributed by atoms with Gasteiger partial charge in [0.25, 0.3) is 0 Å². The van der Waals surface area contributed by atoms with E-state index in [2.05, 4.69) is 12.2 Å². The fourth-order valence-corrected chi connectivity index (χ4v) is 2.70. The molecule has 3 nitrogen and oxygen atoms in total. The molecule has 1 aliphatic carbocycles. The van der Waals surface area contributed by atoms with E-state index >= 15 is 0 Å². The van der Waals surface area contributed by atoms with Crippen LogP contribution in [0, 0.1) is 11.7 Å². The number of halogens is 1. The van der Waals surface area contributed by atoms with Crippen LogP contribution in [0.1, 0.15) is 49.4 Å². The molecule has 1 saturated carbocycles. The Kier molecular flexibility index (Phi) is 4.40. The highest BCUT2D eigenvalue weighted by Gasteiger charge is 2.20. The van der Waals surface area contributed by atoms with Crippen LogP contribution in [0.5, 0.6) is 0 Å². The minimum Gasteiger partial charge on any atom is -0.478 e. The van der Waals surface area contributed by atoms with E-state index in [0.717, 1.165) is 24.8 Å². The summed E-state index contributed by atoms with van der Waals surface area (Å²) in [5, 5.41) is 12.0. The highest BCUT2D eigenvalue weighted by molar-refractivity contribution is 5.88. The van der Waals surface area contributed by atoms with E-state index in [4.69, 9.17) is 5.11 Å². The molecule has 19 heavy (non-hydrogen) atoms. The Morgan fingerprint density at radius 2 is 2.05 bits per heavy atom. The van der Waals surface area contributed by atoms with Crippen molar-refractivity contribution in [1.82, 2.24) is 0 Å². The zero-order chi connectivity index (χ0) is 13.8. The van der Waals surface area contributed by atoms with E-state index in [1.807, 2.05) is 0 Å². The Morgan fingerprint density at radius 1 is 1.37 bits per heavy atom. The van der Waals surface area contributed by atoms with Gasteiger partial charge in [-0.3, -0.25) is 0 Å². The fraction of sp³-hybridized carbons (Fsp3) is 0.533. The van der Waals surface area contributed by atoms with Crippen LogP contribution in [-0.4, -0.2) is 17.1 Å². The predicted molar refractivity (Wildman–Crippen MR) is 73.0 cm³/mol. The Labute approximate surface area is 112 Å². The molecule has 2 N–H and O–H groups in total. The first-order chi connectivity index (χ1) is 9.10. The van der Waals surface area contributed by atoms with Gasteiger partial charge in [-0.25, -0.2) is 9.18 Å². The molecule has 0 amide bonds. The number of carbonyl (C=O) groups is 1. The number of nitrogens with one attached hydrogen (secondary N) is 1. The average Bonchev–Trinajstić information content (AvgIpc) is 2.41. The number of carboxylic acids is 1. The molecule has 1 aliphatic rings. The number of carboxylic acid groups (broad SMARTS) is 1. The van der Waals surface area contributed by atoms with Gasteiger partial charge >= 0.3 is 5.97 Å². The van der Waals surface area contributed by atoms with Crippen LogP contribution >= 0.6 is 0 Å². The van der Waals surface area contributed by atoms with Crippen LogP contribution in [0.15, 0.2) is 18.2 Å². The zero-order valence-electron chi connectivity index (χ0n) is 11.2. The van der Waals surface area contributed by atoms with Gasteiger partial charge in [0.2, 0.25) is 0 Å². The summed E-state index contributed by atoms with van der Waals surface area (Å²) in [4.78, 5) is 10.7. The normalized spacial score (nSPS) is 23.1. The van der Waals surface area contributed by atoms with E-state index in [-0.39, 0.29) is 5.56 Å². The third-order valence-corrected chi connectivity index (χ3v) is 4.00. The molecular weight excluding hydrogens is 245 g/mol. The number of benzene rings is 1. The van der Waals surface area contributed by atoms with Gasteiger partial charge in [0, 0.05) is 6.04 Å². The second-order valence-corrected chi connectivity index (χ2v) is 5.27. The van der Waals surface area contributed by atoms with Crippen molar-refractivity contribution in [2.24, 2.45) is 5.92 Å². The molecule has 0 saturated heterocycles. The molecule has 0 spiro atoms. The summed E-state index contributed by atoms with van der Waals surface area (Å²) < 4.78 is 13.8. The summed E-state index contributed by atoms with van der Waals surface area (Å²) in [6, 6.07) is 4.33. The first-order valence-electron chi connectivity index (χ1n) is 6.89. The SMILES string of the molecule is CCC1CCC(Nc2ccc(C(=O)O)cc2F)CC1. The lowest BCUT2D eigenvalue weighted by Gasteiger charge is -2.29. The molecule has 0 atom stereocenters. The van der Waals surface area contributed by atoms with Crippen molar-refractivity contribution in [3.63, 3.8) is 0 Å². The first-order valence-corrected chi connectivity index (χ1v) is 6.89. The van der Waals surface area contributed by atoms with Crippen LogP contribution < -0.4 is 5.32 Å².